The average Bonchev–Trinajstić information content (AvgIpc) is 3.47. The van der Waals surface area contributed by atoms with Crippen molar-refractivity contribution in [1.29, 1.82) is 0 Å². The van der Waals surface area contributed by atoms with Crippen LogP contribution in [0.2, 0.25) is 0 Å². The van der Waals surface area contributed by atoms with Crippen molar-refractivity contribution in [2.45, 2.75) is 18.9 Å². The van der Waals surface area contributed by atoms with Gasteiger partial charge in [0.1, 0.15) is 11.5 Å². The summed E-state index contributed by atoms with van der Waals surface area (Å²) in [5, 5.41) is 1.16. The number of hydrogen-bond acceptors (Lipinski definition) is 4. The predicted molar refractivity (Wildman–Crippen MR) is 116 cm³/mol. The number of furan rings is 1. The Morgan fingerprint density at radius 1 is 1.06 bits per heavy atom. The molecule has 2 aromatic carbocycles. The molecule has 0 radical (unpaired) electrons. The summed E-state index contributed by atoms with van der Waals surface area (Å²) in [6.45, 7) is 2.48. The van der Waals surface area contributed by atoms with Crippen molar-refractivity contribution in [2.75, 3.05) is 20.8 Å². The molecule has 0 saturated heterocycles. The normalized spacial score (nSPS) is 19.3. The van der Waals surface area contributed by atoms with E-state index in [1.165, 1.54) is 5.56 Å². The number of carbonyl (C=O) groups is 1. The molecule has 0 spiro atoms. The third kappa shape index (κ3) is 2.36. The summed E-state index contributed by atoms with van der Waals surface area (Å²) in [4.78, 5) is 19.2. The van der Waals surface area contributed by atoms with Gasteiger partial charge in [-0.2, -0.15) is 0 Å². The Labute approximate surface area is 179 Å². The number of carbonyl (C=O) groups excluding carboxylic acids is 1. The number of aromatic nitrogens is 1. The Kier molecular flexibility index (Phi) is 3.75. The van der Waals surface area contributed by atoms with E-state index in [0.717, 1.165) is 33.7 Å². The number of aromatic amines is 1. The van der Waals surface area contributed by atoms with Crippen LogP contribution in [0.1, 0.15) is 50.7 Å². The summed E-state index contributed by atoms with van der Waals surface area (Å²) in [6, 6.07) is 15.9. The first-order chi connectivity index (χ1) is 15.1. The average molecular weight is 414 g/mol. The lowest BCUT2D eigenvalue weighted by atomic mass is 9.85. The van der Waals surface area contributed by atoms with Crippen LogP contribution in [0.5, 0.6) is 11.5 Å². The minimum atomic E-state index is -0.197. The number of fused-ring (bicyclic) bond motifs is 7. The number of ether oxygens (including phenoxy) is 2. The van der Waals surface area contributed by atoms with Gasteiger partial charge in [0.2, 0.25) is 0 Å². The minimum Gasteiger partial charge on any atom is -0.493 e. The van der Waals surface area contributed by atoms with Gasteiger partial charge in [-0.1, -0.05) is 24.3 Å². The number of methoxy groups -OCH3 is 2. The molecule has 6 rings (SSSR count). The van der Waals surface area contributed by atoms with E-state index in [1.807, 2.05) is 42.2 Å². The number of aryl methyl sites for hydroxylation is 1. The Hall–Kier alpha value is -3.67. The van der Waals surface area contributed by atoms with Crippen LogP contribution in [0.3, 0.4) is 0 Å². The summed E-state index contributed by atoms with van der Waals surface area (Å²) >= 11 is 0. The zero-order valence-corrected chi connectivity index (χ0v) is 17.6. The fourth-order valence-electron chi connectivity index (χ4n) is 5.26. The van der Waals surface area contributed by atoms with E-state index in [1.54, 1.807) is 14.2 Å². The molecule has 2 atom stereocenters. The van der Waals surface area contributed by atoms with Crippen molar-refractivity contribution in [3.63, 3.8) is 0 Å². The summed E-state index contributed by atoms with van der Waals surface area (Å²) in [6.07, 6.45) is 0. The maximum absolute atomic E-state index is 13.6. The van der Waals surface area contributed by atoms with E-state index >= 15 is 0 Å². The summed E-state index contributed by atoms with van der Waals surface area (Å²) in [5.74, 6) is 2.68. The monoisotopic (exact) mass is 414 g/mol. The topological polar surface area (TPSA) is 67.7 Å². The van der Waals surface area contributed by atoms with E-state index in [2.05, 4.69) is 23.2 Å². The summed E-state index contributed by atoms with van der Waals surface area (Å²) in [5.41, 5.74) is 4.80. The number of amides is 1. The Bertz CT molecular complexity index is 1350. The SMILES string of the molecule is COc1ccc2c(c1OC)C(=O)N1CC(c3ccc(C)o3)c3c([nH]c4ccccc34)C21. The summed E-state index contributed by atoms with van der Waals surface area (Å²) < 4.78 is 17.1. The number of nitrogens with one attached hydrogen (secondary N) is 1. The van der Waals surface area contributed by atoms with Crippen molar-refractivity contribution >= 4 is 16.8 Å². The van der Waals surface area contributed by atoms with Gasteiger partial charge >= 0.3 is 0 Å². The quantitative estimate of drug-likeness (QED) is 0.524. The van der Waals surface area contributed by atoms with Crippen molar-refractivity contribution in [3.8, 4) is 11.5 Å². The largest absolute Gasteiger partial charge is 0.493 e. The van der Waals surface area contributed by atoms with Crippen LogP contribution in [-0.2, 0) is 0 Å². The molecule has 0 fully saturated rings. The molecular weight excluding hydrogens is 392 g/mol. The van der Waals surface area contributed by atoms with Gasteiger partial charge in [0.25, 0.3) is 5.91 Å². The Morgan fingerprint density at radius 3 is 2.65 bits per heavy atom. The predicted octanol–water partition coefficient (Wildman–Crippen LogP) is 4.78. The molecule has 2 unspecified atom stereocenters. The van der Waals surface area contributed by atoms with Crippen molar-refractivity contribution in [3.05, 3.63) is 82.4 Å². The van der Waals surface area contributed by atoms with Crippen LogP contribution in [0, 0.1) is 6.92 Å². The van der Waals surface area contributed by atoms with Gasteiger partial charge in [-0.05, 0) is 42.3 Å². The van der Waals surface area contributed by atoms with E-state index in [0.29, 0.717) is 23.6 Å². The maximum atomic E-state index is 13.6. The standard InChI is InChI=1S/C25H22N2O4/c1-13-8-10-18(31-13)16-12-27-23(22-20(16)14-6-4-5-7-17(14)26-22)15-9-11-19(29-2)24(30-3)21(15)25(27)28/h4-11,16,23,26H,12H2,1-3H3. The second-order valence-corrected chi connectivity index (χ2v) is 8.12. The first kappa shape index (κ1) is 18.1. The lowest BCUT2D eigenvalue weighted by Crippen LogP contribution is -2.37. The molecule has 6 nitrogen and oxygen atoms in total. The molecule has 156 valence electrons. The molecule has 2 aliphatic heterocycles. The van der Waals surface area contributed by atoms with Crippen LogP contribution in [-0.4, -0.2) is 36.6 Å². The smallest absolute Gasteiger partial charge is 0.259 e. The lowest BCUT2D eigenvalue weighted by Gasteiger charge is -2.35. The molecule has 2 aliphatic rings. The Balaban J connectivity index is 1.63. The second kappa shape index (κ2) is 6.41. The molecular formula is C25H22N2O4. The second-order valence-electron chi connectivity index (χ2n) is 8.12. The zero-order chi connectivity index (χ0) is 21.3. The number of hydrogen-bond donors (Lipinski definition) is 1. The van der Waals surface area contributed by atoms with Crippen molar-refractivity contribution < 1.29 is 18.7 Å². The van der Waals surface area contributed by atoms with Crippen LogP contribution in [0.25, 0.3) is 10.9 Å². The lowest BCUT2D eigenvalue weighted by molar-refractivity contribution is 0.0721. The van der Waals surface area contributed by atoms with Crippen molar-refractivity contribution in [2.24, 2.45) is 0 Å². The highest BCUT2D eigenvalue weighted by Crippen LogP contribution is 2.52. The maximum Gasteiger partial charge on any atom is 0.259 e. The van der Waals surface area contributed by atoms with Gasteiger partial charge in [-0.15, -0.1) is 0 Å². The number of H-pyrrole nitrogens is 1. The molecule has 6 heteroatoms. The first-order valence-corrected chi connectivity index (χ1v) is 10.3. The fourth-order valence-corrected chi connectivity index (χ4v) is 5.26. The van der Waals surface area contributed by atoms with Gasteiger partial charge in [-0.25, -0.2) is 0 Å². The molecule has 1 amide bonds. The first-order valence-electron chi connectivity index (χ1n) is 10.3. The molecule has 2 aromatic heterocycles. The number of nitrogens with zero attached hydrogens (tertiary/aromatic N) is 1. The highest BCUT2D eigenvalue weighted by Gasteiger charge is 2.48. The third-order valence-electron chi connectivity index (χ3n) is 6.54. The zero-order valence-electron chi connectivity index (χ0n) is 17.6. The van der Waals surface area contributed by atoms with Gasteiger partial charge in [0, 0.05) is 23.1 Å². The van der Waals surface area contributed by atoms with E-state index in [-0.39, 0.29) is 17.9 Å². The van der Waals surface area contributed by atoms with E-state index in [9.17, 15) is 4.79 Å². The highest BCUT2D eigenvalue weighted by molar-refractivity contribution is 6.04. The molecule has 31 heavy (non-hydrogen) atoms. The molecule has 4 aromatic rings. The van der Waals surface area contributed by atoms with Crippen molar-refractivity contribution in [1.82, 2.24) is 9.88 Å². The van der Waals surface area contributed by atoms with Crippen LogP contribution >= 0.6 is 0 Å². The minimum absolute atomic E-state index is 0.0478. The molecule has 4 heterocycles. The van der Waals surface area contributed by atoms with E-state index in [4.69, 9.17) is 13.9 Å². The molecule has 0 bridgehead atoms. The van der Waals surface area contributed by atoms with Gasteiger partial charge in [-0.3, -0.25) is 4.79 Å². The highest BCUT2D eigenvalue weighted by atomic mass is 16.5. The number of rotatable bonds is 3. The summed E-state index contributed by atoms with van der Waals surface area (Å²) in [7, 11) is 3.16. The third-order valence-corrected chi connectivity index (χ3v) is 6.54. The fraction of sp³-hybridized carbons (Fsp3) is 0.240. The molecule has 1 N–H and O–H groups in total. The van der Waals surface area contributed by atoms with E-state index < -0.39 is 0 Å². The number of benzene rings is 2. The van der Waals surface area contributed by atoms with Crippen LogP contribution in [0.4, 0.5) is 0 Å². The number of para-hydroxylation sites is 1. The van der Waals surface area contributed by atoms with Crippen LogP contribution < -0.4 is 9.47 Å². The van der Waals surface area contributed by atoms with Crippen LogP contribution in [0.15, 0.2) is 52.9 Å². The molecule has 0 aliphatic carbocycles. The van der Waals surface area contributed by atoms with Gasteiger partial charge < -0.3 is 23.8 Å². The van der Waals surface area contributed by atoms with Gasteiger partial charge in [0.15, 0.2) is 11.5 Å². The Morgan fingerprint density at radius 2 is 1.90 bits per heavy atom. The van der Waals surface area contributed by atoms with Gasteiger partial charge in [0.05, 0.1) is 31.7 Å². The molecule has 0 saturated carbocycles.